The minimum Gasteiger partial charge on any atom is -0.352 e. The van der Waals surface area contributed by atoms with Crippen LogP contribution in [0, 0.1) is 11.7 Å². The number of carbonyl (C=O) groups is 2. The van der Waals surface area contributed by atoms with Crippen LogP contribution in [-0.2, 0) is 9.59 Å². The fraction of sp³-hybridized carbons (Fsp3) is 0.556. The molecule has 0 aliphatic heterocycles. The van der Waals surface area contributed by atoms with Gasteiger partial charge in [-0.3, -0.25) is 9.59 Å². The molecule has 1 aliphatic carbocycles. The van der Waals surface area contributed by atoms with Crippen molar-refractivity contribution in [3.8, 4) is 0 Å². The summed E-state index contributed by atoms with van der Waals surface area (Å²) in [5.41, 5.74) is 6.33. The van der Waals surface area contributed by atoms with Crippen molar-refractivity contribution in [2.45, 2.75) is 43.9 Å². The zero-order chi connectivity index (χ0) is 18.2. The fourth-order valence-electron chi connectivity index (χ4n) is 2.99. The van der Waals surface area contributed by atoms with E-state index in [2.05, 4.69) is 10.6 Å². The molecule has 1 aliphatic rings. The molecule has 4 N–H and O–H groups in total. The molecular formula is C18H26FN3O2S. The maximum absolute atomic E-state index is 12.8. The molecule has 2 rings (SSSR count). The number of benzene rings is 1. The van der Waals surface area contributed by atoms with Gasteiger partial charge in [0.25, 0.3) is 0 Å². The summed E-state index contributed by atoms with van der Waals surface area (Å²) < 4.78 is 12.8. The fourth-order valence-corrected chi connectivity index (χ4v) is 3.68. The number of hydrogen-bond donors (Lipinski definition) is 3. The lowest BCUT2D eigenvalue weighted by Crippen LogP contribution is -2.47. The average molecular weight is 367 g/mol. The number of thioether (sulfide) groups is 1. The van der Waals surface area contributed by atoms with E-state index in [0.717, 1.165) is 19.3 Å². The third-order valence-corrected chi connectivity index (χ3v) is 5.64. The Hall–Kier alpha value is -1.60. The lowest BCUT2D eigenvalue weighted by Gasteiger charge is -2.32. The average Bonchev–Trinajstić information content (AvgIpc) is 2.62. The summed E-state index contributed by atoms with van der Waals surface area (Å²) in [5, 5.41) is 5.45. The summed E-state index contributed by atoms with van der Waals surface area (Å²) in [7, 11) is 0. The van der Waals surface area contributed by atoms with Crippen LogP contribution in [0.3, 0.4) is 0 Å². The first kappa shape index (κ1) is 19.7. The standard InChI is InChI=1S/C18H26FN3O2S/c1-12(18(24)22-16-5-3-2-4-13(16)10-20)25-11-17(23)21-15-8-6-14(19)7-9-15/h6-9,12-13,16H,2-5,10-11,20H2,1H3,(H,21,23)(H,22,24). The second-order valence-electron chi connectivity index (χ2n) is 6.40. The predicted octanol–water partition coefficient (Wildman–Crippen LogP) is 2.52. The molecule has 3 unspecified atom stereocenters. The van der Waals surface area contributed by atoms with Crippen LogP contribution in [0.15, 0.2) is 24.3 Å². The highest BCUT2D eigenvalue weighted by atomic mass is 32.2. The molecular weight excluding hydrogens is 341 g/mol. The monoisotopic (exact) mass is 367 g/mol. The molecule has 0 saturated heterocycles. The first-order chi connectivity index (χ1) is 12.0. The third-order valence-electron chi connectivity index (χ3n) is 4.50. The smallest absolute Gasteiger partial charge is 0.234 e. The van der Waals surface area contributed by atoms with Gasteiger partial charge in [-0.2, -0.15) is 0 Å². The summed E-state index contributed by atoms with van der Waals surface area (Å²) in [6.07, 6.45) is 4.31. The molecule has 0 bridgehead atoms. The van der Waals surface area contributed by atoms with Crippen molar-refractivity contribution in [1.29, 1.82) is 0 Å². The van der Waals surface area contributed by atoms with E-state index in [4.69, 9.17) is 5.73 Å². The summed E-state index contributed by atoms with van der Waals surface area (Å²) in [5.74, 6) is -0.108. The molecule has 3 atom stereocenters. The van der Waals surface area contributed by atoms with E-state index < -0.39 is 0 Å². The first-order valence-electron chi connectivity index (χ1n) is 8.67. The summed E-state index contributed by atoms with van der Waals surface area (Å²) >= 11 is 1.28. The Balaban J connectivity index is 1.74. The quantitative estimate of drug-likeness (QED) is 0.691. The van der Waals surface area contributed by atoms with Gasteiger partial charge in [-0.1, -0.05) is 12.8 Å². The van der Waals surface area contributed by atoms with E-state index in [9.17, 15) is 14.0 Å². The molecule has 1 saturated carbocycles. The number of carbonyl (C=O) groups excluding carboxylic acids is 2. The van der Waals surface area contributed by atoms with Crippen molar-refractivity contribution in [3.63, 3.8) is 0 Å². The van der Waals surface area contributed by atoms with Crippen molar-refractivity contribution >= 4 is 29.3 Å². The van der Waals surface area contributed by atoms with Gasteiger partial charge in [0.2, 0.25) is 11.8 Å². The highest BCUT2D eigenvalue weighted by Gasteiger charge is 2.27. The summed E-state index contributed by atoms with van der Waals surface area (Å²) in [4.78, 5) is 24.3. The van der Waals surface area contributed by atoms with E-state index in [1.807, 2.05) is 0 Å². The maximum atomic E-state index is 12.8. The van der Waals surface area contributed by atoms with Gasteiger partial charge in [0.05, 0.1) is 11.0 Å². The van der Waals surface area contributed by atoms with Gasteiger partial charge in [-0.15, -0.1) is 11.8 Å². The van der Waals surface area contributed by atoms with Crippen LogP contribution in [0.5, 0.6) is 0 Å². The first-order valence-corrected chi connectivity index (χ1v) is 9.72. The van der Waals surface area contributed by atoms with E-state index >= 15 is 0 Å². The van der Waals surface area contributed by atoms with E-state index in [1.54, 1.807) is 6.92 Å². The Morgan fingerprint density at radius 1 is 1.28 bits per heavy atom. The lowest BCUT2D eigenvalue weighted by atomic mass is 9.84. The van der Waals surface area contributed by atoms with Crippen LogP contribution in [0.4, 0.5) is 10.1 Å². The van der Waals surface area contributed by atoms with Gasteiger partial charge in [-0.25, -0.2) is 4.39 Å². The van der Waals surface area contributed by atoms with E-state index in [1.165, 1.54) is 42.4 Å². The number of halogens is 1. The maximum Gasteiger partial charge on any atom is 0.234 e. The summed E-state index contributed by atoms with van der Waals surface area (Å²) in [6.45, 7) is 2.39. The minimum absolute atomic E-state index is 0.0510. The van der Waals surface area contributed by atoms with Crippen LogP contribution in [-0.4, -0.2) is 35.4 Å². The van der Waals surface area contributed by atoms with Crippen molar-refractivity contribution in [1.82, 2.24) is 5.32 Å². The van der Waals surface area contributed by atoms with Gasteiger partial charge < -0.3 is 16.4 Å². The zero-order valence-electron chi connectivity index (χ0n) is 14.5. The molecule has 0 aromatic heterocycles. The molecule has 138 valence electrons. The van der Waals surface area contributed by atoms with Crippen molar-refractivity contribution < 1.29 is 14.0 Å². The number of nitrogens with two attached hydrogens (primary N) is 1. The Morgan fingerprint density at radius 3 is 2.64 bits per heavy atom. The predicted molar refractivity (Wildman–Crippen MR) is 99.9 cm³/mol. The molecule has 25 heavy (non-hydrogen) atoms. The molecule has 0 spiro atoms. The third kappa shape index (κ3) is 6.32. The number of rotatable bonds is 7. The normalized spacial score (nSPS) is 21.4. The molecule has 7 heteroatoms. The SMILES string of the molecule is CC(SCC(=O)Nc1ccc(F)cc1)C(=O)NC1CCCCC1CN. The zero-order valence-corrected chi connectivity index (χ0v) is 15.3. The highest BCUT2D eigenvalue weighted by molar-refractivity contribution is 8.01. The molecule has 1 fully saturated rings. The summed E-state index contributed by atoms with van der Waals surface area (Å²) in [6, 6.07) is 5.73. The molecule has 1 aromatic rings. The lowest BCUT2D eigenvalue weighted by molar-refractivity contribution is -0.121. The molecule has 0 radical (unpaired) electrons. The van der Waals surface area contributed by atoms with Gasteiger partial charge in [0, 0.05) is 11.7 Å². The van der Waals surface area contributed by atoms with E-state index in [0.29, 0.717) is 18.2 Å². The van der Waals surface area contributed by atoms with Gasteiger partial charge >= 0.3 is 0 Å². The largest absolute Gasteiger partial charge is 0.352 e. The Morgan fingerprint density at radius 2 is 1.96 bits per heavy atom. The van der Waals surface area contributed by atoms with Gasteiger partial charge in [0.1, 0.15) is 5.82 Å². The minimum atomic E-state index is -0.351. The number of hydrogen-bond acceptors (Lipinski definition) is 4. The Bertz CT molecular complexity index is 582. The Labute approximate surface area is 152 Å². The van der Waals surface area contributed by atoms with Gasteiger partial charge in [-0.05, 0) is 56.5 Å². The van der Waals surface area contributed by atoms with Crippen molar-refractivity contribution in [2.75, 3.05) is 17.6 Å². The second-order valence-corrected chi connectivity index (χ2v) is 7.73. The van der Waals surface area contributed by atoms with Gasteiger partial charge in [0.15, 0.2) is 0 Å². The molecule has 1 aromatic carbocycles. The van der Waals surface area contributed by atoms with E-state index in [-0.39, 0.29) is 34.7 Å². The van der Waals surface area contributed by atoms with Crippen LogP contribution in [0.25, 0.3) is 0 Å². The van der Waals surface area contributed by atoms with Crippen molar-refractivity contribution in [3.05, 3.63) is 30.1 Å². The number of amides is 2. The van der Waals surface area contributed by atoms with Crippen LogP contribution < -0.4 is 16.4 Å². The number of nitrogens with one attached hydrogen (secondary N) is 2. The van der Waals surface area contributed by atoms with Crippen LogP contribution in [0.1, 0.15) is 32.6 Å². The number of anilines is 1. The van der Waals surface area contributed by atoms with Crippen molar-refractivity contribution in [2.24, 2.45) is 11.7 Å². The molecule has 5 nitrogen and oxygen atoms in total. The van der Waals surface area contributed by atoms with Crippen LogP contribution in [0.2, 0.25) is 0 Å². The molecule has 0 heterocycles. The molecule has 2 amide bonds. The topological polar surface area (TPSA) is 84.2 Å². The highest BCUT2D eigenvalue weighted by Crippen LogP contribution is 2.24. The second kappa shape index (κ2) is 9.77. The van der Waals surface area contributed by atoms with Crippen LogP contribution >= 0.6 is 11.8 Å². The Kier molecular flexibility index (Phi) is 7.71.